The number of rotatable bonds is 4. The summed E-state index contributed by atoms with van der Waals surface area (Å²) >= 11 is 5.91. The van der Waals surface area contributed by atoms with E-state index < -0.39 is 22.4 Å². The van der Waals surface area contributed by atoms with E-state index in [9.17, 15) is 19.3 Å². The Morgan fingerprint density at radius 1 is 1.29 bits per heavy atom. The van der Waals surface area contributed by atoms with Crippen LogP contribution in [0.3, 0.4) is 0 Å². The quantitative estimate of drug-likeness (QED) is 0.490. The molecule has 21 heavy (non-hydrogen) atoms. The molecule has 0 heterocycles. The SMILES string of the molecule is O=C(OCc1ccccc1Cl)c1ccc(F)c([N+](=O)[O-])c1. The lowest BCUT2D eigenvalue weighted by atomic mass is 10.2. The minimum Gasteiger partial charge on any atom is -0.457 e. The molecule has 108 valence electrons. The van der Waals surface area contributed by atoms with Crippen molar-refractivity contribution in [3.05, 3.63) is 74.5 Å². The number of carbonyl (C=O) groups is 1. The third kappa shape index (κ3) is 3.55. The number of esters is 1. The van der Waals surface area contributed by atoms with E-state index in [4.69, 9.17) is 16.3 Å². The largest absolute Gasteiger partial charge is 0.457 e. The lowest BCUT2D eigenvalue weighted by Gasteiger charge is -2.06. The van der Waals surface area contributed by atoms with Crippen molar-refractivity contribution in [3.8, 4) is 0 Å². The Labute approximate surface area is 124 Å². The minimum atomic E-state index is -1.01. The predicted octanol–water partition coefficient (Wildman–Crippen LogP) is 3.74. The van der Waals surface area contributed by atoms with E-state index in [2.05, 4.69) is 0 Å². The van der Waals surface area contributed by atoms with Gasteiger partial charge in [-0.2, -0.15) is 4.39 Å². The molecule has 0 saturated heterocycles. The maximum Gasteiger partial charge on any atom is 0.338 e. The van der Waals surface area contributed by atoms with Crippen LogP contribution >= 0.6 is 11.6 Å². The topological polar surface area (TPSA) is 69.4 Å². The van der Waals surface area contributed by atoms with Gasteiger partial charge in [0.2, 0.25) is 5.82 Å². The van der Waals surface area contributed by atoms with E-state index in [0.29, 0.717) is 10.6 Å². The highest BCUT2D eigenvalue weighted by molar-refractivity contribution is 6.31. The maximum absolute atomic E-state index is 13.2. The Morgan fingerprint density at radius 3 is 2.67 bits per heavy atom. The van der Waals surface area contributed by atoms with Gasteiger partial charge in [-0.25, -0.2) is 4.79 Å². The average molecular weight is 310 g/mol. The number of nitro benzene ring substituents is 1. The zero-order valence-electron chi connectivity index (χ0n) is 10.6. The lowest BCUT2D eigenvalue weighted by Crippen LogP contribution is -2.06. The highest BCUT2D eigenvalue weighted by Gasteiger charge is 2.18. The molecule has 0 N–H and O–H groups in total. The van der Waals surface area contributed by atoms with Crippen LogP contribution in [0.4, 0.5) is 10.1 Å². The van der Waals surface area contributed by atoms with Gasteiger partial charge in [0.1, 0.15) is 6.61 Å². The fourth-order valence-electron chi connectivity index (χ4n) is 1.62. The molecule has 2 rings (SSSR count). The van der Waals surface area contributed by atoms with E-state index in [1.54, 1.807) is 24.3 Å². The lowest BCUT2D eigenvalue weighted by molar-refractivity contribution is -0.387. The number of carbonyl (C=O) groups excluding carboxylic acids is 1. The number of hydrogen-bond donors (Lipinski definition) is 0. The number of benzene rings is 2. The molecule has 0 saturated carbocycles. The monoisotopic (exact) mass is 309 g/mol. The summed E-state index contributed by atoms with van der Waals surface area (Å²) in [6, 6.07) is 9.61. The second-order valence-electron chi connectivity index (χ2n) is 4.09. The Balaban J connectivity index is 2.12. The number of nitro groups is 1. The van der Waals surface area contributed by atoms with Gasteiger partial charge in [-0.15, -0.1) is 0 Å². The number of ether oxygens (including phenoxy) is 1. The van der Waals surface area contributed by atoms with Crippen molar-refractivity contribution in [1.29, 1.82) is 0 Å². The van der Waals surface area contributed by atoms with Gasteiger partial charge in [0.05, 0.1) is 10.5 Å². The van der Waals surface area contributed by atoms with E-state index in [1.165, 1.54) is 0 Å². The van der Waals surface area contributed by atoms with Crippen molar-refractivity contribution < 1.29 is 18.8 Å². The van der Waals surface area contributed by atoms with Crippen LogP contribution in [0.15, 0.2) is 42.5 Å². The van der Waals surface area contributed by atoms with Crippen LogP contribution in [0.5, 0.6) is 0 Å². The van der Waals surface area contributed by atoms with E-state index in [1.807, 2.05) is 0 Å². The summed E-state index contributed by atoms with van der Waals surface area (Å²) in [5.74, 6) is -1.80. The number of hydrogen-bond acceptors (Lipinski definition) is 4. The van der Waals surface area contributed by atoms with Gasteiger partial charge in [0.25, 0.3) is 0 Å². The molecule has 0 amide bonds. The van der Waals surface area contributed by atoms with Crippen LogP contribution in [0.25, 0.3) is 0 Å². The fraction of sp³-hybridized carbons (Fsp3) is 0.0714. The van der Waals surface area contributed by atoms with Crippen molar-refractivity contribution >= 4 is 23.3 Å². The molecule has 0 atom stereocenters. The third-order valence-corrected chi connectivity index (χ3v) is 3.06. The molecule has 0 spiro atoms. The first kappa shape index (κ1) is 14.9. The van der Waals surface area contributed by atoms with E-state index in [-0.39, 0.29) is 12.2 Å². The molecule has 0 radical (unpaired) electrons. The standard InChI is InChI=1S/C14H9ClFNO4/c15-11-4-2-1-3-10(11)8-21-14(18)9-5-6-12(16)13(7-9)17(19)20/h1-7H,8H2. The molecule has 0 fully saturated rings. The second kappa shape index (κ2) is 6.32. The maximum atomic E-state index is 13.2. The first-order valence-corrected chi connectivity index (χ1v) is 6.21. The normalized spacial score (nSPS) is 10.2. The summed E-state index contributed by atoms with van der Waals surface area (Å²) in [6.45, 7) is -0.0797. The molecular weight excluding hydrogens is 301 g/mol. The highest BCUT2D eigenvalue weighted by Crippen LogP contribution is 2.20. The molecule has 2 aromatic carbocycles. The second-order valence-corrected chi connectivity index (χ2v) is 4.50. The minimum absolute atomic E-state index is 0.0797. The van der Waals surface area contributed by atoms with Crippen molar-refractivity contribution in [2.45, 2.75) is 6.61 Å². The molecule has 0 aliphatic carbocycles. The van der Waals surface area contributed by atoms with Gasteiger partial charge in [0, 0.05) is 16.7 Å². The van der Waals surface area contributed by atoms with Crippen LogP contribution < -0.4 is 0 Å². The Morgan fingerprint density at radius 2 is 2.00 bits per heavy atom. The van der Waals surface area contributed by atoms with Crippen LogP contribution in [-0.4, -0.2) is 10.9 Å². The predicted molar refractivity (Wildman–Crippen MR) is 73.6 cm³/mol. The van der Waals surface area contributed by atoms with E-state index >= 15 is 0 Å². The van der Waals surface area contributed by atoms with Crippen LogP contribution in [0.1, 0.15) is 15.9 Å². The summed E-state index contributed by atoms with van der Waals surface area (Å²) < 4.78 is 18.2. The van der Waals surface area contributed by atoms with Crippen molar-refractivity contribution in [1.82, 2.24) is 0 Å². The molecule has 0 aromatic heterocycles. The Kier molecular flexibility index (Phi) is 4.49. The number of halogens is 2. The third-order valence-electron chi connectivity index (χ3n) is 2.70. The summed E-state index contributed by atoms with van der Waals surface area (Å²) in [5, 5.41) is 11.1. The molecule has 5 nitrogen and oxygen atoms in total. The van der Waals surface area contributed by atoms with Crippen molar-refractivity contribution in [3.63, 3.8) is 0 Å². The molecule has 0 unspecified atom stereocenters. The zero-order chi connectivity index (χ0) is 15.4. The van der Waals surface area contributed by atoms with Crippen LogP contribution in [-0.2, 0) is 11.3 Å². The zero-order valence-corrected chi connectivity index (χ0v) is 11.3. The molecule has 7 heteroatoms. The highest BCUT2D eigenvalue weighted by atomic mass is 35.5. The van der Waals surface area contributed by atoms with Crippen LogP contribution in [0, 0.1) is 15.9 Å². The number of nitrogens with zero attached hydrogens (tertiary/aromatic N) is 1. The molecular formula is C14H9ClFNO4. The summed E-state index contributed by atoms with van der Waals surface area (Å²) in [6.07, 6.45) is 0. The summed E-state index contributed by atoms with van der Waals surface area (Å²) in [4.78, 5) is 21.5. The molecule has 0 bridgehead atoms. The first-order chi connectivity index (χ1) is 9.99. The van der Waals surface area contributed by atoms with E-state index in [0.717, 1.165) is 18.2 Å². The van der Waals surface area contributed by atoms with Gasteiger partial charge >= 0.3 is 11.7 Å². The van der Waals surface area contributed by atoms with Crippen molar-refractivity contribution in [2.75, 3.05) is 0 Å². The van der Waals surface area contributed by atoms with Gasteiger partial charge < -0.3 is 4.74 Å². The van der Waals surface area contributed by atoms with Crippen LogP contribution in [0.2, 0.25) is 5.02 Å². The summed E-state index contributed by atoms with van der Waals surface area (Å²) in [7, 11) is 0. The molecule has 0 aliphatic rings. The first-order valence-electron chi connectivity index (χ1n) is 5.83. The van der Waals surface area contributed by atoms with Gasteiger partial charge in [-0.05, 0) is 18.2 Å². The van der Waals surface area contributed by atoms with Gasteiger partial charge in [-0.3, -0.25) is 10.1 Å². The Bertz CT molecular complexity index is 705. The van der Waals surface area contributed by atoms with Crippen molar-refractivity contribution in [2.24, 2.45) is 0 Å². The molecule has 0 aliphatic heterocycles. The smallest absolute Gasteiger partial charge is 0.338 e. The Hall–Kier alpha value is -2.47. The van der Waals surface area contributed by atoms with Gasteiger partial charge in [-0.1, -0.05) is 29.8 Å². The fourth-order valence-corrected chi connectivity index (χ4v) is 1.81. The van der Waals surface area contributed by atoms with Gasteiger partial charge in [0.15, 0.2) is 0 Å². The molecule has 2 aromatic rings. The average Bonchev–Trinajstić information content (AvgIpc) is 2.46. The summed E-state index contributed by atoms with van der Waals surface area (Å²) in [5.41, 5.74) is -0.276.